The molecule has 1 aromatic carbocycles. The first-order chi connectivity index (χ1) is 10.2. The molecule has 1 aliphatic rings. The molecule has 0 radical (unpaired) electrons. The normalized spacial score (nSPS) is 17.6. The van der Waals surface area contributed by atoms with Crippen LogP contribution < -0.4 is 10.6 Å². The van der Waals surface area contributed by atoms with Gasteiger partial charge < -0.3 is 10.6 Å². The summed E-state index contributed by atoms with van der Waals surface area (Å²) in [5.41, 5.74) is 1.79. The highest BCUT2D eigenvalue weighted by molar-refractivity contribution is 5.84. The van der Waals surface area contributed by atoms with Crippen molar-refractivity contribution >= 4 is 16.8 Å². The quantitative estimate of drug-likeness (QED) is 0.908. The van der Waals surface area contributed by atoms with Gasteiger partial charge in [-0.25, -0.2) is 0 Å². The lowest BCUT2D eigenvalue weighted by atomic mass is 9.80. The van der Waals surface area contributed by atoms with Crippen LogP contribution in [0, 0.1) is 5.41 Å². The summed E-state index contributed by atoms with van der Waals surface area (Å²) in [5.74, 6) is 0.150. The van der Waals surface area contributed by atoms with E-state index in [2.05, 4.69) is 22.5 Å². The number of rotatable bonds is 3. The number of benzene rings is 1. The second-order valence-corrected chi connectivity index (χ2v) is 5.99. The van der Waals surface area contributed by atoms with Crippen molar-refractivity contribution in [2.24, 2.45) is 5.41 Å². The van der Waals surface area contributed by atoms with Gasteiger partial charge in [-0.05, 0) is 37.6 Å². The molecule has 1 aliphatic heterocycles. The minimum absolute atomic E-state index is 0.150. The molecule has 2 heterocycles. The fourth-order valence-electron chi connectivity index (χ4n) is 2.90. The van der Waals surface area contributed by atoms with Gasteiger partial charge in [0.15, 0.2) is 0 Å². The Bertz CT molecular complexity index is 642. The molecule has 0 aliphatic carbocycles. The van der Waals surface area contributed by atoms with Crippen LogP contribution in [0.2, 0.25) is 0 Å². The zero-order chi connectivity index (χ0) is 14.7. The lowest BCUT2D eigenvalue weighted by Gasteiger charge is -2.32. The highest BCUT2D eigenvalue weighted by atomic mass is 16.2. The van der Waals surface area contributed by atoms with Gasteiger partial charge in [0.25, 0.3) is 0 Å². The Kier molecular flexibility index (Phi) is 3.88. The van der Waals surface area contributed by atoms with Crippen LogP contribution in [-0.2, 0) is 11.3 Å². The molecule has 1 aromatic heterocycles. The van der Waals surface area contributed by atoms with Crippen molar-refractivity contribution in [3.05, 3.63) is 42.1 Å². The van der Waals surface area contributed by atoms with Crippen LogP contribution in [0.4, 0.5) is 0 Å². The van der Waals surface area contributed by atoms with Crippen LogP contribution >= 0.6 is 0 Å². The standard InChI is InChI=1S/C17H21N3O/c1-17(7-10-18-11-8-17)16(21)20-12-14-5-2-4-13-6-3-9-19-15(13)14/h2-6,9,18H,7-8,10-12H2,1H3,(H,20,21). The molecule has 3 rings (SSSR count). The molecule has 0 saturated carbocycles. The third-order valence-electron chi connectivity index (χ3n) is 4.41. The monoisotopic (exact) mass is 283 g/mol. The fourth-order valence-corrected chi connectivity index (χ4v) is 2.90. The number of hydrogen-bond acceptors (Lipinski definition) is 3. The molecule has 0 atom stereocenters. The number of carbonyl (C=O) groups excluding carboxylic acids is 1. The summed E-state index contributed by atoms with van der Waals surface area (Å²) in [6.07, 6.45) is 3.58. The van der Waals surface area contributed by atoms with Gasteiger partial charge in [-0.3, -0.25) is 9.78 Å². The summed E-state index contributed by atoms with van der Waals surface area (Å²) >= 11 is 0. The second-order valence-electron chi connectivity index (χ2n) is 5.99. The van der Waals surface area contributed by atoms with E-state index in [1.54, 1.807) is 6.20 Å². The molecule has 4 heteroatoms. The molecule has 2 N–H and O–H groups in total. The molecule has 21 heavy (non-hydrogen) atoms. The van der Waals surface area contributed by atoms with E-state index in [0.717, 1.165) is 42.4 Å². The van der Waals surface area contributed by atoms with E-state index in [0.29, 0.717) is 6.54 Å². The number of carbonyl (C=O) groups is 1. The fraction of sp³-hybridized carbons (Fsp3) is 0.412. The van der Waals surface area contributed by atoms with E-state index in [1.807, 2.05) is 30.3 Å². The van der Waals surface area contributed by atoms with Crippen LogP contribution in [0.25, 0.3) is 10.9 Å². The smallest absolute Gasteiger partial charge is 0.226 e. The van der Waals surface area contributed by atoms with E-state index in [9.17, 15) is 4.79 Å². The molecule has 0 spiro atoms. The van der Waals surface area contributed by atoms with E-state index in [1.165, 1.54) is 0 Å². The number of nitrogens with zero attached hydrogens (tertiary/aromatic N) is 1. The first-order valence-corrected chi connectivity index (χ1v) is 7.51. The predicted octanol–water partition coefficient (Wildman–Crippen LogP) is 2.24. The molecule has 2 aromatic rings. The highest BCUT2D eigenvalue weighted by Gasteiger charge is 2.34. The maximum absolute atomic E-state index is 12.5. The SMILES string of the molecule is CC1(C(=O)NCc2cccc3cccnc23)CCNCC1. The minimum atomic E-state index is -0.247. The van der Waals surface area contributed by atoms with Crippen molar-refractivity contribution < 1.29 is 4.79 Å². The lowest BCUT2D eigenvalue weighted by molar-refractivity contribution is -0.131. The first kappa shape index (κ1) is 14.0. The summed E-state index contributed by atoms with van der Waals surface area (Å²) in [5, 5.41) is 7.51. The van der Waals surface area contributed by atoms with Crippen LogP contribution in [0.1, 0.15) is 25.3 Å². The van der Waals surface area contributed by atoms with Gasteiger partial charge >= 0.3 is 0 Å². The Balaban J connectivity index is 1.73. The third-order valence-corrected chi connectivity index (χ3v) is 4.41. The minimum Gasteiger partial charge on any atom is -0.351 e. The van der Waals surface area contributed by atoms with Gasteiger partial charge in [0.1, 0.15) is 0 Å². The molecule has 0 unspecified atom stereocenters. The summed E-state index contributed by atoms with van der Waals surface area (Å²) in [6, 6.07) is 10.1. The Morgan fingerprint density at radius 3 is 2.86 bits per heavy atom. The van der Waals surface area contributed by atoms with Crippen molar-refractivity contribution in [2.75, 3.05) is 13.1 Å². The van der Waals surface area contributed by atoms with E-state index < -0.39 is 0 Å². The van der Waals surface area contributed by atoms with Gasteiger partial charge in [-0.2, -0.15) is 0 Å². The predicted molar refractivity (Wildman–Crippen MR) is 83.8 cm³/mol. The molecule has 1 amide bonds. The summed E-state index contributed by atoms with van der Waals surface area (Å²) < 4.78 is 0. The third kappa shape index (κ3) is 2.90. The number of pyridine rings is 1. The largest absolute Gasteiger partial charge is 0.351 e. The molecule has 1 saturated heterocycles. The van der Waals surface area contributed by atoms with Crippen LogP contribution in [-0.4, -0.2) is 24.0 Å². The molecule has 4 nitrogen and oxygen atoms in total. The van der Waals surface area contributed by atoms with Crippen LogP contribution in [0.5, 0.6) is 0 Å². The average Bonchev–Trinajstić information content (AvgIpc) is 2.53. The first-order valence-electron chi connectivity index (χ1n) is 7.51. The summed E-state index contributed by atoms with van der Waals surface area (Å²) in [6.45, 7) is 4.43. The molecular formula is C17H21N3O. The van der Waals surface area contributed by atoms with Crippen molar-refractivity contribution in [3.8, 4) is 0 Å². The van der Waals surface area contributed by atoms with Gasteiger partial charge in [-0.1, -0.05) is 31.2 Å². The average molecular weight is 283 g/mol. The van der Waals surface area contributed by atoms with E-state index in [4.69, 9.17) is 0 Å². The number of fused-ring (bicyclic) bond motifs is 1. The molecule has 0 bridgehead atoms. The van der Waals surface area contributed by atoms with Crippen molar-refractivity contribution in [3.63, 3.8) is 0 Å². The topological polar surface area (TPSA) is 54.0 Å². The zero-order valence-electron chi connectivity index (χ0n) is 12.4. The molecule has 110 valence electrons. The lowest BCUT2D eigenvalue weighted by Crippen LogP contribution is -2.45. The van der Waals surface area contributed by atoms with Crippen molar-refractivity contribution in [1.82, 2.24) is 15.6 Å². The molecule has 1 fully saturated rings. The van der Waals surface area contributed by atoms with Gasteiger partial charge in [0.05, 0.1) is 5.52 Å². The van der Waals surface area contributed by atoms with Crippen LogP contribution in [0.3, 0.4) is 0 Å². The Labute approximate surface area is 125 Å². The number of para-hydroxylation sites is 1. The Morgan fingerprint density at radius 1 is 1.29 bits per heavy atom. The van der Waals surface area contributed by atoms with Gasteiger partial charge in [0, 0.05) is 23.5 Å². The second kappa shape index (κ2) is 5.82. The summed E-state index contributed by atoms with van der Waals surface area (Å²) in [7, 11) is 0. The number of piperidine rings is 1. The van der Waals surface area contributed by atoms with E-state index >= 15 is 0 Å². The number of nitrogens with one attached hydrogen (secondary N) is 2. The highest BCUT2D eigenvalue weighted by Crippen LogP contribution is 2.28. The number of hydrogen-bond donors (Lipinski definition) is 2. The van der Waals surface area contributed by atoms with Crippen molar-refractivity contribution in [1.29, 1.82) is 0 Å². The van der Waals surface area contributed by atoms with Crippen LogP contribution in [0.15, 0.2) is 36.5 Å². The van der Waals surface area contributed by atoms with Crippen molar-refractivity contribution in [2.45, 2.75) is 26.3 Å². The zero-order valence-corrected chi connectivity index (χ0v) is 12.4. The molecular weight excluding hydrogens is 262 g/mol. The maximum Gasteiger partial charge on any atom is 0.226 e. The number of amides is 1. The maximum atomic E-state index is 12.5. The Hall–Kier alpha value is -1.94. The Morgan fingerprint density at radius 2 is 2.05 bits per heavy atom. The number of aromatic nitrogens is 1. The van der Waals surface area contributed by atoms with E-state index in [-0.39, 0.29) is 11.3 Å². The summed E-state index contributed by atoms with van der Waals surface area (Å²) in [4.78, 5) is 16.9. The van der Waals surface area contributed by atoms with Gasteiger partial charge in [0.2, 0.25) is 5.91 Å². The van der Waals surface area contributed by atoms with Gasteiger partial charge in [-0.15, -0.1) is 0 Å².